The van der Waals surface area contributed by atoms with Gasteiger partial charge in [0.05, 0.1) is 0 Å². The first-order valence-electron chi connectivity index (χ1n) is 6.13. The van der Waals surface area contributed by atoms with Gasteiger partial charge >= 0.3 is 0 Å². The Labute approximate surface area is 107 Å². The fourth-order valence-corrected chi connectivity index (χ4v) is 3.59. The summed E-state index contributed by atoms with van der Waals surface area (Å²) >= 11 is 3.60. The largest absolute Gasteiger partial charge is 0.322 e. The second-order valence-electron chi connectivity index (χ2n) is 5.25. The molecule has 0 saturated heterocycles. The molecule has 1 aliphatic carbocycles. The molecule has 0 aliphatic heterocycles. The van der Waals surface area contributed by atoms with E-state index in [1.54, 1.807) is 0 Å². The van der Waals surface area contributed by atoms with Crippen molar-refractivity contribution in [1.82, 2.24) is 0 Å². The zero-order chi connectivity index (χ0) is 11.6. The molecule has 2 rings (SSSR count). The van der Waals surface area contributed by atoms with E-state index in [9.17, 15) is 0 Å². The van der Waals surface area contributed by atoms with Crippen LogP contribution in [-0.2, 0) is 5.54 Å². The van der Waals surface area contributed by atoms with Crippen LogP contribution in [-0.4, -0.2) is 0 Å². The summed E-state index contributed by atoms with van der Waals surface area (Å²) in [5, 5.41) is 0. The molecule has 1 aromatic carbocycles. The molecule has 0 amide bonds. The zero-order valence-corrected chi connectivity index (χ0v) is 11.5. The summed E-state index contributed by atoms with van der Waals surface area (Å²) in [4.78, 5) is 0. The summed E-state index contributed by atoms with van der Waals surface area (Å²) in [5.74, 6) is 0.821. The molecule has 0 spiro atoms. The van der Waals surface area contributed by atoms with Crippen LogP contribution in [0.5, 0.6) is 0 Å². The van der Waals surface area contributed by atoms with Gasteiger partial charge in [-0.05, 0) is 30.9 Å². The maximum absolute atomic E-state index is 6.49. The topological polar surface area (TPSA) is 26.0 Å². The maximum Gasteiger partial charge on any atom is 0.0394 e. The molecule has 0 radical (unpaired) electrons. The Morgan fingerprint density at radius 1 is 1.31 bits per heavy atom. The molecule has 1 unspecified atom stereocenters. The Kier molecular flexibility index (Phi) is 3.70. The molecule has 1 aromatic rings. The van der Waals surface area contributed by atoms with Gasteiger partial charge in [0.1, 0.15) is 0 Å². The molecule has 16 heavy (non-hydrogen) atoms. The molecule has 1 fully saturated rings. The normalized spacial score (nSPS) is 20.9. The number of nitrogens with two attached hydrogens (primary N) is 1. The third kappa shape index (κ3) is 2.67. The van der Waals surface area contributed by atoms with Crippen molar-refractivity contribution < 1.29 is 0 Å². The van der Waals surface area contributed by atoms with Gasteiger partial charge in [0.25, 0.3) is 0 Å². The highest BCUT2D eigenvalue weighted by atomic mass is 79.9. The van der Waals surface area contributed by atoms with Crippen LogP contribution in [0.15, 0.2) is 28.7 Å². The standard InChI is InChI=1S/C14H20BrN/c1-14(16,10-11-6-2-3-7-11)12-8-4-5-9-13(12)15/h4-5,8-9,11H,2-3,6-7,10,16H2,1H3. The fraction of sp³-hybridized carbons (Fsp3) is 0.571. The van der Waals surface area contributed by atoms with Gasteiger partial charge in [0.2, 0.25) is 0 Å². The first-order chi connectivity index (χ1) is 7.59. The third-order valence-electron chi connectivity index (χ3n) is 3.68. The Balaban J connectivity index is 2.14. The second kappa shape index (κ2) is 4.89. The first kappa shape index (κ1) is 12.1. The lowest BCUT2D eigenvalue weighted by Crippen LogP contribution is -2.35. The predicted molar refractivity (Wildman–Crippen MR) is 72.3 cm³/mol. The SMILES string of the molecule is CC(N)(CC1CCCC1)c1ccccc1Br. The summed E-state index contributed by atoms with van der Waals surface area (Å²) in [6.07, 6.45) is 6.59. The predicted octanol–water partition coefficient (Wildman–Crippen LogP) is 4.20. The van der Waals surface area contributed by atoms with Gasteiger partial charge in [-0.3, -0.25) is 0 Å². The average molecular weight is 282 g/mol. The Morgan fingerprint density at radius 2 is 1.94 bits per heavy atom. The van der Waals surface area contributed by atoms with Crippen molar-refractivity contribution in [2.75, 3.05) is 0 Å². The minimum absolute atomic E-state index is 0.199. The molecule has 2 heteroatoms. The van der Waals surface area contributed by atoms with E-state index in [-0.39, 0.29) is 5.54 Å². The van der Waals surface area contributed by atoms with Crippen LogP contribution < -0.4 is 5.73 Å². The van der Waals surface area contributed by atoms with Crippen molar-refractivity contribution in [2.24, 2.45) is 11.7 Å². The van der Waals surface area contributed by atoms with E-state index in [1.165, 1.54) is 31.2 Å². The van der Waals surface area contributed by atoms with Crippen LogP contribution in [0.1, 0.15) is 44.6 Å². The van der Waals surface area contributed by atoms with E-state index in [2.05, 4.69) is 41.1 Å². The maximum atomic E-state index is 6.49. The van der Waals surface area contributed by atoms with Crippen LogP contribution in [0.3, 0.4) is 0 Å². The van der Waals surface area contributed by atoms with Crippen LogP contribution >= 0.6 is 15.9 Å². The van der Waals surface area contributed by atoms with Crippen molar-refractivity contribution in [3.63, 3.8) is 0 Å². The average Bonchev–Trinajstić information content (AvgIpc) is 2.70. The quantitative estimate of drug-likeness (QED) is 0.883. The lowest BCUT2D eigenvalue weighted by atomic mass is 9.83. The molecular weight excluding hydrogens is 262 g/mol. The molecule has 0 heterocycles. The van der Waals surface area contributed by atoms with Crippen LogP contribution in [0.4, 0.5) is 0 Å². The van der Waals surface area contributed by atoms with Crippen molar-refractivity contribution >= 4 is 15.9 Å². The Morgan fingerprint density at radius 3 is 2.56 bits per heavy atom. The molecule has 88 valence electrons. The molecule has 1 nitrogen and oxygen atoms in total. The van der Waals surface area contributed by atoms with Crippen molar-refractivity contribution in [2.45, 2.75) is 44.6 Å². The molecule has 1 aliphatic rings. The zero-order valence-electron chi connectivity index (χ0n) is 9.88. The van der Waals surface area contributed by atoms with E-state index in [0.717, 1.165) is 16.8 Å². The van der Waals surface area contributed by atoms with E-state index in [4.69, 9.17) is 5.73 Å². The summed E-state index contributed by atoms with van der Waals surface area (Å²) in [6, 6.07) is 8.33. The van der Waals surface area contributed by atoms with Crippen molar-refractivity contribution in [3.05, 3.63) is 34.3 Å². The molecule has 2 N–H and O–H groups in total. The second-order valence-corrected chi connectivity index (χ2v) is 6.11. The highest BCUT2D eigenvalue weighted by Gasteiger charge is 2.28. The lowest BCUT2D eigenvalue weighted by Gasteiger charge is -2.29. The van der Waals surface area contributed by atoms with E-state index in [1.807, 2.05) is 6.07 Å². The summed E-state index contributed by atoms with van der Waals surface area (Å²) in [6.45, 7) is 2.16. The number of benzene rings is 1. The van der Waals surface area contributed by atoms with Crippen LogP contribution in [0.25, 0.3) is 0 Å². The Hall–Kier alpha value is -0.340. The number of rotatable bonds is 3. The van der Waals surface area contributed by atoms with Gasteiger partial charge < -0.3 is 5.73 Å². The summed E-state index contributed by atoms with van der Waals surface area (Å²) in [5.41, 5.74) is 7.53. The van der Waals surface area contributed by atoms with Gasteiger partial charge in [0, 0.05) is 10.0 Å². The third-order valence-corrected chi connectivity index (χ3v) is 4.37. The van der Waals surface area contributed by atoms with Crippen LogP contribution in [0.2, 0.25) is 0 Å². The van der Waals surface area contributed by atoms with Gasteiger partial charge in [0.15, 0.2) is 0 Å². The monoisotopic (exact) mass is 281 g/mol. The van der Waals surface area contributed by atoms with Gasteiger partial charge in [-0.2, -0.15) is 0 Å². The van der Waals surface area contributed by atoms with E-state index in [0.29, 0.717) is 0 Å². The van der Waals surface area contributed by atoms with Crippen molar-refractivity contribution in [3.8, 4) is 0 Å². The minimum Gasteiger partial charge on any atom is -0.322 e. The minimum atomic E-state index is -0.199. The van der Waals surface area contributed by atoms with Crippen LogP contribution in [0, 0.1) is 5.92 Å². The molecule has 1 saturated carbocycles. The van der Waals surface area contributed by atoms with E-state index < -0.39 is 0 Å². The highest BCUT2D eigenvalue weighted by Crippen LogP contribution is 2.37. The lowest BCUT2D eigenvalue weighted by molar-refractivity contribution is 0.348. The fourth-order valence-electron chi connectivity index (χ4n) is 2.85. The van der Waals surface area contributed by atoms with Gasteiger partial charge in [-0.25, -0.2) is 0 Å². The molecule has 0 bridgehead atoms. The van der Waals surface area contributed by atoms with Gasteiger partial charge in [-0.1, -0.05) is 59.8 Å². The first-order valence-corrected chi connectivity index (χ1v) is 6.93. The smallest absolute Gasteiger partial charge is 0.0394 e. The molecular formula is C14H20BrN. The molecule has 0 aromatic heterocycles. The number of halogens is 1. The number of hydrogen-bond donors (Lipinski definition) is 1. The summed E-state index contributed by atoms with van der Waals surface area (Å²) in [7, 11) is 0. The van der Waals surface area contributed by atoms with Gasteiger partial charge in [-0.15, -0.1) is 0 Å². The highest BCUT2D eigenvalue weighted by molar-refractivity contribution is 9.10. The summed E-state index contributed by atoms with van der Waals surface area (Å²) < 4.78 is 1.14. The van der Waals surface area contributed by atoms with E-state index >= 15 is 0 Å². The Bertz CT molecular complexity index is 354. The number of hydrogen-bond acceptors (Lipinski definition) is 1. The molecule has 1 atom stereocenters. The van der Waals surface area contributed by atoms with Crippen molar-refractivity contribution in [1.29, 1.82) is 0 Å².